The average Bonchev–Trinajstić information content (AvgIpc) is 3.37. The Morgan fingerprint density at radius 1 is 1.24 bits per heavy atom. The summed E-state index contributed by atoms with van der Waals surface area (Å²) in [5, 5.41) is 4.63. The van der Waals surface area contributed by atoms with Crippen LogP contribution in [0.4, 0.5) is 10.5 Å². The molecule has 0 aromatic heterocycles. The van der Waals surface area contributed by atoms with Crippen molar-refractivity contribution in [1.29, 1.82) is 0 Å². The molecule has 2 aromatic rings. The van der Waals surface area contributed by atoms with E-state index in [0.29, 0.717) is 37.4 Å². The maximum Gasteiger partial charge on any atom is 0.435 e. The summed E-state index contributed by atoms with van der Waals surface area (Å²) in [6, 6.07) is 12.8. The molecule has 0 bridgehead atoms. The Morgan fingerprint density at radius 3 is 2.71 bits per heavy atom. The summed E-state index contributed by atoms with van der Waals surface area (Å²) in [6.45, 7) is 5.89. The van der Waals surface area contributed by atoms with Crippen molar-refractivity contribution in [3.63, 3.8) is 0 Å². The number of nitrogens with two attached hydrogens (primary N) is 1. The fraction of sp³-hybridized carbons (Fsp3) is 0.346. The number of amides is 2. The van der Waals surface area contributed by atoms with E-state index in [-0.39, 0.29) is 11.7 Å². The molecule has 1 aliphatic heterocycles. The Labute approximate surface area is 200 Å². The summed E-state index contributed by atoms with van der Waals surface area (Å²) in [5.41, 5.74) is 9.71. The van der Waals surface area contributed by atoms with Crippen LogP contribution in [0.1, 0.15) is 53.2 Å². The van der Waals surface area contributed by atoms with Crippen LogP contribution in [-0.4, -0.2) is 49.2 Å². The second-order valence-corrected chi connectivity index (χ2v) is 7.82. The van der Waals surface area contributed by atoms with E-state index in [4.69, 9.17) is 15.3 Å². The molecule has 1 saturated heterocycles. The van der Waals surface area contributed by atoms with Crippen molar-refractivity contribution >= 4 is 23.5 Å². The van der Waals surface area contributed by atoms with Gasteiger partial charge in [-0.3, -0.25) is 9.63 Å². The van der Waals surface area contributed by atoms with Crippen LogP contribution in [-0.2, 0) is 9.57 Å². The Bertz CT molecular complexity index is 1090. The van der Waals surface area contributed by atoms with E-state index in [0.717, 1.165) is 36.1 Å². The molecular weight excluding hydrogens is 432 g/mol. The zero-order valence-electron chi connectivity index (χ0n) is 19.6. The molecule has 2 aromatic carbocycles. The summed E-state index contributed by atoms with van der Waals surface area (Å²) < 4.78 is 4.99. The highest BCUT2D eigenvalue weighted by Crippen LogP contribution is 2.16. The SMILES string of the molecule is CCCCOC(=O)N=C(N)c1ccc(NCC#Cc2ccc(C(=O)N3CCCO3)c(C)c2)cc1. The molecule has 1 heterocycles. The lowest BCUT2D eigenvalue weighted by molar-refractivity contribution is -0.0768. The van der Waals surface area contributed by atoms with Gasteiger partial charge in [-0.1, -0.05) is 25.2 Å². The first-order chi connectivity index (χ1) is 16.5. The van der Waals surface area contributed by atoms with Crippen LogP contribution in [0.15, 0.2) is 47.5 Å². The van der Waals surface area contributed by atoms with Gasteiger partial charge in [0.2, 0.25) is 0 Å². The van der Waals surface area contributed by atoms with Crippen LogP contribution in [0.3, 0.4) is 0 Å². The molecule has 2 amide bonds. The molecule has 0 atom stereocenters. The molecule has 0 aliphatic carbocycles. The molecule has 1 fully saturated rings. The number of nitrogens with zero attached hydrogens (tertiary/aromatic N) is 2. The zero-order chi connectivity index (χ0) is 24.3. The number of benzene rings is 2. The van der Waals surface area contributed by atoms with Gasteiger partial charge in [-0.2, -0.15) is 4.99 Å². The third kappa shape index (κ3) is 7.09. The van der Waals surface area contributed by atoms with E-state index < -0.39 is 6.09 Å². The minimum atomic E-state index is -0.680. The van der Waals surface area contributed by atoms with Gasteiger partial charge in [0, 0.05) is 22.4 Å². The number of hydrogen-bond acceptors (Lipinski definition) is 5. The van der Waals surface area contributed by atoms with Gasteiger partial charge >= 0.3 is 6.09 Å². The lowest BCUT2D eigenvalue weighted by Crippen LogP contribution is -2.27. The topological polar surface area (TPSA) is 106 Å². The quantitative estimate of drug-likeness (QED) is 0.280. The number of hydrogen-bond donors (Lipinski definition) is 2. The van der Waals surface area contributed by atoms with Crippen molar-refractivity contribution in [3.8, 4) is 11.8 Å². The number of carbonyl (C=O) groups is 2. The maximum absolute atomic E-state index is 12.5. The number of hydroxylamine groups is 2. The van der Waals surface area contributed by atoms with Gasteiger partial charge in [-0.15, -0.1) is 0 Å². The highest BCUT2D eigenvalue weighted by atomic mass is 16.7. The Morgan fingerprint density at radius 2 is 2.03 bits per heavy atom. The minimum absolute atomic E-state index is 0.112. The Hall–Kier alpha value is -3.83. The van der Waals surface area contributed by atoms with Crippen LogP contribution < -0.4 is 11.1 Å². The average molecular weight is 463 g/mol. The molecular formula is C26H30N4O4. The Kier molecular flexibility index (Phi) is 9.06. The summed E-state index contributed by atoms with van der Waals surface area (Å²) in [5.74, 6) is 6.18. The van der Waals surface area contributed by atoms with Gasteiger partial charge in [-0.25, -0.2) is 9.86 Å². The molecule has 8 heteroatoms. The molecule has 0 saturated carbocycles. The fourth-order valence-electron chi connectivity index (χ4n) is 3.27. The maximum atomic E-state index is 12.5. The number of aryl methyl sites for hydroxylation is 1. The lowest BCUT2D eigenvalue weighted by Gasteiger charge is -2.15. The van der Waals surface area contributed by atoms with Crippen LogP contribution >= 0.6 is 0 Å². The summed E-state index contributed by atoms with van der Waals surface area (Å²) >= 11 is 0. The predicted octanol–water partition coefficient (Wildman–Crippen LogP) is 3.88. The second-order valence-electron chi connectivity index (χ2n) is 7.82. The molecule has 3 N–H and O–H groups in total. The molecule has 178 valence electrons. The minimum Gasteiger partial charge on any atom is -0.448 e. The molecule has 0 unspecified atom stereocenters. The van der Waals surface area contributed by atoms with Crippen molar-refractivity contribution in [2.24, 2.45) is 10.7 Å². The smallest absolute Gasteiger partial charge is 0.435 e. The van der Waals surface area contributed by atoms with Gasteiger partial charge in [0.05, 0.1) is 26.3 Å². The van der Waals surface area contributed by atoms with E-state index in [1.165, 1.54) is 5.06 Å². The standard InChI is InChI=1S/C26H30N4O4/c1-3-4-16-33-26(32)29-24(27)21-9-11-22(12-10-21)28-14-5-7-20-8-13-23(19(2)18-20)25(31)30-15-6-17-34-30/h8-13,18,28H,3-4,6,14-17H2,1-2H3,(H2,27,29,32). The van der Waals surface area contributed by atoms with Crippen molar-refractivity contribution in [3.05, 3.63) is 64.7 Å². The number of amidine groups is 1. The predicted molar refractivity (Wildman–Crippen MR) is 132 cm³/mol. The number of carbonyl (C=O) groups excluding carboxylic acids is 2. The normalized spacial score (nSPS) is 13.2. The first-order valence-corrected chi connectivity index (χ1v) is 11.4. The van der Waals surface area contributed by atoms with Gasteiger partial charge < -0.3 is 15.8 Å². The van der Waals surface area contributed by atoms with Crippen LogP contribution in [0.5, 0.6) is 0 Å². The van der Waals surface area contributed by atoms with Crippen molar-refractivity contribution in [1.82, 2.24) is 5.06 Å². The van der Waals surface area contributed by atoms with Crippen molar-refractivity contribution in [2.75, 3.05) is 31.6 Å². The van der Waals surface area contributed by atoms with Crippen LogP contribution in [0.2, 0.25) is 0 Å². The number of aliphatic imine (C=N–C) groups is 1. The highest BCUT2D eigenvalue weighted by Gasteiger charge is 2.22. The molecule has 34 heavy (non-hydrogen) atoms. The number of anilines is 1. The largest absolute Gasteiger partial charge is 0.448 e. The summed E-state index contributed by atoms with van der Waals surface area (Å²) in [4.78, 5) is 33.2. The zero-order valence-corrected chi connectivity index (χ0v) is 19.6. The summed E-state index contributed by atoms with van der Waals surface area (Å²) in [6.07, 6.45) is 1.91. The first-order valence-electron chi connectivity index (χ1n) is 11.4. The Balaban J connectivity index is 1.51. The van der Waals surface area contributed by atoms with E-state index in [2.05, 4.69) is 22.2 Å². The molecule has 8 nitrogen and oxygen atoms in total. The molecule has 1 aliphatic rings. The fourth-order valence-corrected chi connectivity index (χ4v) is 3.27. The monoisotopic (exact) mass is 462 g/mol. The first kappa shape index (κ1) is 24.8. The third-order valence-corrected chi connectivity index (χ3v) is 5.17. The number of ether oxygens (including phenoxy) is 1. The molecule has 0 spiro atoms. The van der Waals surface area contributed by atoms with Crippen molar-refractivity contribution < 1.29 is 19.2 Å². The number of rotatable bonds is 7. The molecule has 3 rings (SSSR count). The number of unbranched alkanes of at least 4 members (excludes halogenated alkanes) is 1. The molecule has 0 radical (unpaired) electrons. The highest BCUT2D eigenvalue weighted by molar-refractivity contribution is 6.02. The van der Waals surface area contributed by atoms with Crippen molar-refractivity contribution in [2.45, 2.75) is 33.1 Å². The van der Waals surface area contributed by atoms with E-state index in [1.54, 1.807) is 18.2 Å². The lowest BCUT2D eigenvalue weighted by atomic mass is 10.0. The van der Waals surface area contributed by atoms with E-state index in [1.807, 2.05) is 38.1 Å². The van der Waals surface area contributed by atoms with Crippen LogP contribution in [0, 0.1) is 18.8 Å². The third-order valence-electron chi connectivity index (χ3n) is 5.17. The van der Waals surface area contributed by atoms with Gasteiger partial charge in [0.1, 0.15) is 5.84 Å². The van der Waals surface area contributed by atoms with E-state index in [9.17, 15) is 9.59 Å². The van der Waals surface area contributed by atoms with Crippen LogP contribution in [0.25, 0.3) is 0 Å². The van der Waals surface area contributed by atoms with Gasteiger partial charge in [-0.05, 0) is 67.8 Å². The summed E-state index contributed by atoms with van der Waals surface area (Å²) in [7, 11) is 0. The van der Waals surface area contributed by atoms with Gasteiger partial charge in [0.15, 0.2) is 0 Å². The second kappa shape index (κ2) is 12.4. The van der Waals surface area contributed by atoms with E-state index >= 15 is 0 Å². The number of nitrogens with one attached hydrogen (secondary N) is 1. The van der Waals surface area contributed by atoms with Gasteiger partial charge in [0.25, 0.3) is 5.91 Å².